The van der Waals surface area contributed by atoms with E-state index in [0.29, 0.717) is 48.7 Å². The van der Waals surface area contributed by atoms with Crippen LogP contribution in [0.2, 0.25) is 0 Å². The van der Waals surface area contributed by atoms with Crippen LogP contribution < -0.4 is 10.1 Å². The van der Waals surface area contributed by atoms with Gasteiger partial charge in [-0.3, -0.25) is 9.59 Å². The van der Waals surface area contributed by atoms with E-state index in [2.05, 4.69) is 5.32 Å². The second-order valence-corrected chi connectivity index (χ2v) is 6.83. The number of hydrogen-bond acceptors (Lipinski definition) is 4. The minimum absolute atomic E-state index is 0.0317. The molecule has 2 aromatic rings. The van der Waals surface area contributed by atoms with Gasteiger partial charge in [-0.2, -0.15) is 0 Å². The third kappa shape index (κ3) is 2.25. The van der Waals surface area contributed by atoms with Crippen molar-refractivity contribution in [2.75, 3.05) is 26.7 Å². The minimum Gasteiger partial charge on any atom is -0.497 e. The van der Waals surface area contributed by atoms with Crippen LogP contribution in [0.25, 0.3) is 11.0 Å². The Balaban J connectivity index is 1.66. The first-order valence-electron chi connectivity index (χ1n) is 8.14. The van der Waals surface area contributed by atoms with E-state index in [4.69, 9.17) is 9.15 Å². The molecule has 2 fully saturated rings. The Labute approximate surface area is 139 Å². The number of benzene rings is 1. The van der Waals surface area contributed by atoms with Gasteiger partial charge in [0.1, 0.15) is 17.1 Å². The molecule has 2 amide bonds. The van der Waals surface area contributed by atoms with E-state index in [1.54, 1.807) is 7.11 Å². The normalized spacial score (nSPS) is 23.2. The van der Waals surface area contributed by atoms with Crippen LogP contribution in [-0.2, 0) is 4.79 Å². The number of hydrogen-bond donors (Lipinski definition) is 1. The van der Waals surface area contributed by atoms with Crippen molar-refractivity contribution < 1.29 is 18.7 Å². The molecule has 4 rings (SSSR count). The van der Waals surface area contributed by atoms with Crippen LogP contribution in [-0.4, -0.2) is 43.5 Å². The van der Waals surface area contributed by atoms with Crippen molar-refractivity contribution in [1.82, 2.24) is 10.2 Å². The SMILES string of the molecule is COc1ccc2oc(C)c(C(=O)N3CCC4(CNC(=O)C4)C3)c2c1. The lowest BCUT2D eigenvalue weighted by molar-refractivity contribution is -0.119. The van der Waals surface area contributed by atoms with E-state index in [0.717, 1.165) is 11.8 Å². The zero-order valence-corrected chi connectivity index (χ0v) is 13.8. The molecule has 2 aliphatic rings. The number of likely N-dealkylation sites (tertiary alicyclic amines) is 1. The van der Waals surface area contributed by atoms with E-state index >= 15 is 0 Å². The number of aryl methyl sites for hydroxylation is 1. The lowest BCUT2D eigenvalue weighted by Crippen LogP contribution is -2.33. The first-order valence-corrected chi connectivity index (χ1v) is 8.14. The summed E-state index contributed by atoms with van der Waals surface area (Å²) in [5.41, 5.74) is 1.18. The number of furan rings is 1. The van der Waals surface area contributed by atoms with Gasteiger partial charge in [0.25, 0.3) is 5.91 Å². The number of methoxy groups -OCH3 is 1. The molecule has 6 heteroatoms. The standard InChI is InChI=1S/C18H20N2O4/c1-11-16(13-7-12(23-2)3-4-14(13)24-11)17(22)20-6-5-18(10-20)8-15(21)19-9-18/h3-4,7H,5-6,8-10H2,1-2H3,(H,19,21). The summed E-state index contributed by atoms with van der Waals surface area (Å²) in [4.78, 5) is 26.5. The maximum absolute atomic E-state index is 13.1. The van der Waals surface area contributed by atoms with Crippen molar-refractivity contribution in [1.29, 1.82) is 0 Å². The maximum atomic E-state index is 13.1. The highest BCUT2D eigenvalue weighted by molar-refractivity contribution is 6.07. The number of carbonyl (C=O) groups is 2. The molecular weight excluding hydrogens is 308 g/mol. The monoisotopic (exact) mass is 328 g/mol. The second-order valence-electron chi connectivity index (χ2n) is 6.83. The fourth-order valence-electron chi connectivity index (χ4n) is 3.90. The van der Waals surface area contributed by atoms with Crippen molar-refractivity contribution in [3.63, 3.8) is 0 Å². The fourth-order valence-corrected chi connectivity index (χ4v) is 3.90. The summed E-state index contributed by atoms with van der Waals surface area (Å²) in [6.45, 7) is 3.76. The molecule has 1 aromatic carbocycles. The van der Waals surface area contributed by atoms with Crippen molar-refractivity contribution >= 4 is 22.8 Å². The number of nitrogens with zero attached hydrogens (tertiary/aromatic N) is 1. The first-order chi connectivity index (χ1) is 11.5. The van der Waals surface area contributed by atoms with Crippen LogP contribution >= 0.6 is 0 Å². The molecule has 2 saturated heterocycles. The summed E-state index contributed by atoms with van der Waals surface area (Å²) < 4.78 is 11.0. The molecule has 1 unspecified atom stereocenters. The van der Waals surface area contributed by atoms with Gasteiger partial charge in [-0.05, 0) is 31.5 Å². The van der Waals surface area contributed by atoms with Gasteiger partial charge in [0.15, 0.2) is 0 Å². The average Bonchev–Trinajstić information content (AvgIpc) is 3.23. The summed E-state index contributed by atoms with van der Waals surface area (Å²) in [5.74, 6) is 1.36. The molecule has 1 N–H and O–H groups in total. The van der Waals surface area contributed by atoms with Crippen LogP contribution in [0.1, 0.15) is 29.0 Å². The molecule has 1 aromatic heterocycles. The Kier molecular flexibility index (Phi) is 3.30. The zero-order valence-electron chi connectivity index (χ0n) is 13.8. The van der Waals surface area contributed by atoms with Crippen LogP contribution in [0.5, 0.6) is 5.75 Å². The summed E-state index contributed by atoms with van der Waals surface area (Å²) >= 11 is 0. The van der Waals surface area contributed by atoms with Crippen molar-refractivity contribution in [2.24, 2.45) is 5.41 Å². The van der Waals surface area contributed by atoms with Gasteiger partial charge in [-0.15, -0.1) is 0 Å². The van der Waals surface area contributed by atoms with Crippen molar-refractivity contribution in [2.45, 2.75) is 19.8 Å². The molecule has 3 heterocycles. The molecule has 0 saturated carbocycles. The molecule has 0 aliphatic carbocycles. The van der Waals surface area contributed by atoms with Gasteiger partial charge in [0.05, 0.1) is 12.7 Å². The van der Waals surface area contributed by atoms with Gasteiger partial charge in [0.2, 0.25) is 5.91 Å². The van der Waals surface area contributed by atoms with Gasteiger partial charge >= 0.3 is 0 Å². The molecule has 126 valence electrons. The number of nitrogens with one attached hydrogen (secondary N) is 1. The number of rotatable bonds is 2. The van der Waals surface area contributed by atoms with Crippen LogP contribution in [0, 0.1) is 12.3 Å². The highest BCUT2D eigenvalue weighted by atomic mass is 16.5. The summed E-state index contributed by atoms with van der Waals surface area (Å²) in [5, 5.41) is 3.67. The van der Waals surface area contributed by atoms with Crippen LogP contribution in [0.3, 0.4) is 0 Å². The quantitative estimate of drug-likeness (QED) is 0.916. The predicted octanol–water partition coefficient (Wildman–Crippen LogP) is 2.10. The Morgan fingerprint density at radius 1 is 1.42 bits per heavy atom. The summed E-state index contributed by atoms with van der Waals surface area (Å²) in [7, 11) is 1.60. The van der Waals surface area contributed by atoms with E-state index in [9.17, 15) is 9.59 Å². The van der Waals surface area contributed by atoms with E-state index < -0.39 is 0 Å². The third-order valence-electron chi connectivity index (χ3n) is 5.21. The molecule has 0 bridgehead atoms. The van der Waals surface area contributed by atoms with Crippen molar-refractivity contribution in [3.05, 3.63) is 29.5 Å². The topological polar surface area (TPSA) is 71.8 Å². The average molecular weight is 328 g/mol. The first kappa shape index (κ1) is 15.1. The smallest absolute Gasteiger partial charge is 0.258 e. The molecule has 24 heavy (non-hydrogen) atoms. The zero-order chi connectivity index (χ0) is 16.9. The van der Waals surface area contributed by atoms with E-state index in [1.807, 2.05) is 30.0 Å². The van der Waals surface area contributed by atoms with Crippen LogP contribution in [0.4, 0.5) is 0 Å². The molecule has 2 aliphatic heterocycles. The largest absolute Gasteiger partial charge is 0.497 e. The second kappa shape index (κ2) is 5.26. The Hall–Kier alpha value is -2.50. The van der Waals surface area contributed by atoms with Crippen LogP contribution in [0.15, 0.2) is 22.6 Å². The summed E-state index contributed by atoms with van der Waals surface area (Å²) in [6.07, 6.45) is 1.37. The molecule has 0 radical (unpaired) electrons. The van der Waals surface area contributed by atoms with Gasteiger partial charge in [0, 0.05) is 36.9 Å². The number of ether oxygens (including phenoxy) is 1. The number of carbonyl (C=O) groups excluding carboxylic acids is 2. The lowest BCUT2D eigenvalue weighted by atomic mass is 9.86. The summed E-state index contributed by atoms with van der Waals surface area (Å²) in [6, 6.07) is 5.48. The van der Waals surface area contributed by atoms with Gasteiger partial charge in [-0.1, -0.05) is 0 Å². The van der Waals surface area contributed by atoms with Crippen molar-refractivity contribution in [3.8, 4) is 5.75 Å². The number of amides is 2. The van der Waals surface area contributed by atoms with E-state index in [1.165, 1.54) is 0 Å². The highest BCUT2D eigenvalue weighted by Crippen LogP contribution is 2.38. The highest BCUT2D eigenvalue weighted by Gasteiger charge is 2.45. The fraction of sp³-hybridized carbons (Fsp3) is 0.444. The van der Waals surface area contributed by atoms with Gasteiger partial charge < -0.3 is 19.4 Å². The lowest BCUT2D eigenvalue weighted by Gasteiger charge is -2.21. The molecule has 1 atom stereocenters. The predicted molar refractivity (Wildman–Crippen MR) is 88.1 cm³/mol. The van der Waals surface area contributed by atoms with E-state index in [-0.39, 0.29) is 17.2 Å². The van der Waals surface area contributed by atoms with Gasteiger partial charge in [-0.25, -0.2) is 0 Å². The Bertz CT molecular complexity index is 841. The molecule has 1 spiro atoms. The minimum atomic E-state index is -0.0993. The number of fused-ring (bicyclic) bond motifs is 1. The Morgan fingerprint density at radius 2 is 2.25 bits per heavy atom. The maximum Gasteiger partial charge on any atom is 0.258 e. The Morgan fingerprint density at radius 3 is 2.96 bits per heavy atom. The molecule has 6 nitrogen and oxygen atoms in total. The molecular formula is C18H20N2O4. The third-order valence-corrected chi connectivity index (χ3v) is 5.21.